The van der Waals surface area contributed by atoms with Gasteiger partial charge in [0.05, 0.1) is 20.6 Å². The predicted molar refractivity (Wildman–Crippen MR) is 154 cm³/mol. The van der Waals surface area contributed by atoms with Gasteiger partial charge in [0.25, 0.3) is 0 Å². The van der Waals surface area contributed by atoms with E-state index in [4.69, 9.17) is 20.6 Å². The Morgan fingerprint density at radius 2 is 1.05 bits per heavy atom. The summed E-state index contributed by atoms with van der Waals surface area (Å²) >= 11 is 1.28. The molecular formula is C33H21N3S. The van der Waals surface area contributed by atoms with Crippen LogP contribution in [0.3, 0.4) is 0 Å². The fraction of sp³-hybridized carbons (Fsp3) is 0. The van der Waals surface area contributed by atoms with Crippen LogP contribution in [0.2, 0.25) is 0 Å². The summed E-state index contributed by atoms with van der Waals surface area (Å²) < 4.78 is 126. The Kier molecular flexibility index (Phi) is 2.74. The van der Waals surface area contributed by atoms with Gasteiger partial charge >= 0.3 is 0 Å². The van der Waals surface area contributed by atoms with Crippen LogP contribution < -0.4 is 0 Å². The van der Waals surface area contributed by atoms with Gasteiger partial charge < -0.3 is 0 Å². The van der Waals surface area contributed by atoms with Crippen LogP contribution >= 0.6 is 11.3 Å². The molecule has 0 N–H and O–H groups in total. The van der Waals surface area contributed by atoms with E-state index in [9.17, 15) is 0 Å². The number of aromatic nitrogens is 3. The molecule has 2 aromatic heterocycles. The lowest BCUT2D eigenvalue weighted by molar-refractivity contribution is 1.07. The van der Waals surface area contributed by atoms with Crippen molar-refractivity contribution in [2.24, 2.45) is 0 Å². The fourth-order valence-electron chi connectivity index (χ4n) is 3.97. The normalized spacial score (nSPS) is 16.9. The van der Waals surface area contributed by atoms with Crippen molar-refractivity contribution in [1.82, 2.24) is 15.0 Å². The Labute approximate surface area is 239 Å². The molecule has 37 heavy (non-hydrogen) atoms. The summed E-state index contributed by atoms with van der Waals surface area (Å²) in [6.45, 7) is 0. The first-order chi connectivity index (χ1) is 24.5. The summed E-state index contributed by atoms with van der Waals surface area (Å²) in [5.74, 6) is -0.865. The van der Waals surface area contributed by atoms with Crippen molar-refractivity contribution in [2.45, 2.75) is 0 Å². The summed E-state index contributed by atoms with van der Waals surface area (Å²) in [5, 5.41) is 1.50. The summed E-state index contributed by atoms with van der Waals surface area (Å²) in [5.41, 5.74) is 0.0636. The van der Waals surface area contributed by atoms with Crippen LogP contribution in [0.15, 0.2) is 127 Å². The van der Waals surface area contributed by atoms with E-state index in [0.717, 1.165) is 10.8 Å². The number of benzene rings is 5. The van der Waals surface area contributed by atoms with Crippen molar-refractivity contribution < 1.29 is 20.6 Å². The van der Waals surface area contributed by atoms with Crippen molar-refractivity contribution in [3.8, 4) is 45.3 Å². The molecule has 0 aliphatic rings. The number of thiophene rings is 1. The molecule has 0 aliphatic heterocycles. The first kappa shape index (κ1) is 11.2. The molecular weight excluding hydrogens is 470 g/mol. The van der Waals surface area contributed by atoms with Gasteiger partial charge in [-0.15, -0.1) is 11.3 Å². The average Bonchev–Trinajstić information content (AvgIpc) is 3.52. The smallest absolute Gasteiger partial charge is 0.164 e. The average molecular weight is 507 g/mol. The van der Waals surface area contributed by atoms with Gasteiger partial charge in [0, 0.05) is 36.9 Å². The standard InChI is InChI=1S/C33H21N3S/c1-4-11-22(12-5-1)26-17-10-18-28-27-20-19-25(21-29(27)37-30(26)28)33-35-31(23-13-6-2-7-14-23)34-32(36-33)24-15-8-3-9-16-24/h1-21H/i1D,2D,3D,4D,5D,6D,7D,8D,9D,11D,12D,13D,14D,15D,16D. The van der Waals surface area contributed by atoms with Crippen LogP contribution in [0.4, 0.5) is 0 Å². The minimum Gasteiger partial charge on any atom is -0.208 e. The van der Waals surface area contributed by atoms with Gasteiger partial charge in [-0.3, -0.25) is 0 Å². The Bertz CT molecular complexity index is 2540. The molecule has 2 heterocycles. The van der Waals surface area contributed by atoms with E-state index in [0.29, 0.717) is 20.5 Å². The highest BCUT2D eigenvalue weighted by Gasteiger charge is 2.15. The van der Waals surface area contributed by atoms with Gasteiger partial charge in [0.15, 0.2) is 17.5 Å². The van der Waals surface area contributed by atoms with E-state index in [1.54, 1.807) is 30.3 Å². The van der Waals surface area contributed by atoms with Crippen molar-refractivity contribution in [1.29, 1.82) is 0 Å². The third-order valence-electron chi connectivity index (χ3n) is 5.61. The molecule has 3 nitrogen and oxygen atoms in total. The molecule has 0 atom stereocenters. The van der Waals surface area contributed by atoms with Crippen LogP contribution in [0.25, 0.3) is 65.5 Å². The third kappa shape index (κ3) is 3.98. The monoisotopic (exact) mass is 506 g/mol. The maximum atomic E-state index is 8.54. The van der Waals surface area contributed by atoms with Gasteiger partial charge in [-0.2, -0.15) is 0 Å². The molecule has 0 saturated carbocycles. The van der Waals surface area contributed by atoms with Gasteiger partial charge in [-0.1, -0.05) is 121 Å². The summed E-state index contributed by atoms with van der Waals surface area (Å²) in [4.78, 5) is 13.3. The molecule has 5 aromatic carbocycles. The fourth-order valence-corrected chi connectivity index (χ4v) is 5.23. The molecule has 0 spiro atoms. The van der Waals surface area contributed by atoms with E-state index in [1.165, 1.54) is 11.3 Å². The Balaban J connectivity index is 1.51. The maximum absolute atomic E-state index is 8.54. The molecule has 4 heteroatoms. The minimum atomic E-state index is -0.649. The summed E-state index contributed by atoms with van der Waals surface area (Å²) in [6.07, 6.45) is 0. The number of hydrogen-bond donors (Lipinski definition) is 0. The van der Waals surface area contributed by atoms with Crippen LogP contribution in [0, 0.1) is 0 Å². The molecule has 0 amide bonds. The molecule has 0 radical (unpaired) electrons. The van der Waals surface area contributed by atoms with E-state index >= 15 is 0 Å². The highest BCUT2D eigenvalue weighted by molar-refractivity contribution is 7.26. The van der Waals surface area contributed by atoms with Gasteiger partial charge in [-0.05, 0) is 17.2 Å². The van der Waals surface area contributed by atoms with Gasteiger partial charge in [-0.25, -0.2) is 15.0 Å². The number of hydrogen-bond acceptors (Lipinski definition) is 4. The predicted octanol–water partition coefficient (Wildman–Crippen LogP) is 8.91. The lowest BCUT2D eigenvalue weighted by atomic mass is 10.0. The van der Waals surface area contributed by atoms with Crippen molar-refractivity contribution in [3.63, 3.8) is 0 Å². The van der Waals surface area contributed by atoms with E-state index in [2.05, 4.69) is 15.0 Å². The highest BCUT2D eigenvalue weighted by atomic mass is 32.1. The van der Waals surface area contributed by atoms with Crippen molar-refractivity contribution in [3.05, 3.63) is 127 Å². The zero-order chi connectivity index (χ0) is 37.7. The third-order valence-corrected chi connectivity index (χ3v) is 6.81. The van der Waals surface area contributed by atoms with Crippen LogP contribution in [0.5, 0.6) is 0 Å². The van der Waals surface area contributed by atoms with E-state index in [-0.39, 0.29) is 46.2 Å². The zero-order valence-corrected chi connectivity index (χ0v) is 19.5. The lowest BCUT2D eigenvalue weighted by Crippen LogP contribution is -1.99. The summed E-state index contributed by atoms with van der Waals surface area (Å²) in [7, 11) is 0. The molecule has 0 fully saturated rings. The largest absolute Gasteiger partial charge is 0.208 e. The SMILES string of the molecule is [2H]c1c([2H])c([2H])c(-c2nc(-c3ccc4c(c3)sc3c(-c5c([2H])c([2H])c([2H])c([2H])c5[2H])cccc34)nc(-c3c([2H])c([2H])c([2H])c([2H])c3[2H])n2)c([2H])c1[2H]. The molecule has 0 aliphatic carbocycles. The van der Waals surface area contributed by atoms with Crippen LogP contribution in [-0.4, -0.2) is 15.0 Å². The Hall–Kier alpha value is -4.67. The molecule has 0 bridgehead atoms. The molecule has 7 aromatic rings. The Morgan fingerprint density at radius 1 is 0.514 bits per heavy atom. The van der Waals surface area contributed by atoms with Gasteiger partial charge in [0.2, 0.25) is 0 Å². The van der Waals surface area contributed by atoms with Crippen molar-refractivity contribution in [2.75, 3.05) is 0 Å². The topological polar surface area (TPSA) is 38.7 Å². The highest BCUT2D eigenvalue weighted by Crippen LogP contribution is 2.41. The Morgan fingerprint density at radius 3 is 1.65 bits per heavy atom. The molecule has 174 valence electrons. The lowest BCUT2D eigenvalue weighted by Gasteiger charge is -2.08. The molecule has 0 unspecified atom stereocenters. The van der Waals surface area contributed by atoms with Crippen molar-refractivity contribution >= 4 is 31.5 Å². The van der Waals surface area contributed by atoms with E-state index < -0.39 is 78.6 Å². The van der Waals surface area contributed by atoms with Gasteiger partial charge in [0.1, 0.15) is 0 Å². The van der Waals surface area contributed by atoms with Crippen LogP contribution in [-0.2, 0) is 0 Å². The zero-order valence-electron chi connectivity index (χ0n) is 33.7. The van der Waals surface area contributed by atoms with E-state index in [1.807, 2.05) is 6.07 Å². The molecule has 7 rings (SSSR count). The summed E-state index contributed by atoms with van der Waals surface area (Å²) in [6, 6.07) is 1.89. The number of nitrogens with zero attached hydrogens (tertiary/aromatic N) is 3. The number of rotatable bonds is 4. The van der Waals surface area contributed by atoms with Crippen LogP contribution in [0.1, 0.15) is 20.6 Å². The first-order valence-corrected chi connectivity index (χ1v) is 11.8. The maximum Gasteiger partial charge on any atom is 0.164 e. The second kappa shape index (κ2) is 9.08. The quantitative estimate of drug-likeness (QED) is 0.239. The second-order valence-electron chi connectivity index (χ2n) is 7.80. The first-order valence-electron chi connectivity index (χ1n) is 18.5. The second-order valence-corrected chi connectivity index (χ2v) is 8.85. The molecule has 0 saturated heterocycles. The number of fused-ring (bicyclic) bond motifs is 3. The minimum absolute atomic E-state index is 0.0485.